The first-order valence-electron chi connectivity index (χ1n) is 7.12. The van der Waals surface area contributed by atoms with Crippen LogP contribution in [0.3, 0.4) is 0 Å². The minimum absolute atomic E-state index is 0. The number of hydrogen-bond donors (Lipinski definition) is 1. The smallest absolute Gasteiger partial charge is 0.244 e. The van der Waals surface area contributed by atoms with E-state index in [2.05, 4.69) is 10.4 Å². The molecule has 2 heterocycles. The fourth-order valence-corrected chi connectivity index (χ4v) is 2.72. The van der Waals surface area contributed by atoms with Crippen LogP contribution in [0.1, 0.15) is 6.92 Å². The maximum atomic E-state index is 12.5. The van der Waals surface area contributed by atoms with E-state index in [-0.39, 0.29) is 36.3 Å². The van der Waals surface area contributed by atoms with Crippen LogP contribution >= 0.6 is 12.4 Å². The molecular weight excluding hydrogens is 304 g/mol. The zero-order valence-corrected chi connectivity index (χ0v) is 13.2. The van der Waals surface area contributed by atoms with Gasteiger partial charge in [0.2, 0.25) is 11.3 Å². The van der Waals surface area contributed by atoms with Crippen LogP contribution in [0.5, 0.6) is 0 Å². The fourth-order valence-electron chi connectivity index (χ4n) is 2.72. The van der Waals surface area contributed by atoms with Crippen molar-refractivity contribution in [3.8, 4) is 0 Å². The van der Waals surface area contributed by atoms with Gasteiger partial charge in [0.1, 0.15) is 6.54 Å². The van der Waals surface area contributed by atoms with E-state index in [4.69, 9.17) is 0 Å². The summed E-state index contributed by atoms with van der Waals surface area (Å²) in [5.41, 5.74) is 0.575. The maximum absolute atomic E-state index is 12.5. The van der Waals surface area contributed by atoms with Gasteiger partial charge in [-0.3, -0.25) is 14.3 Å². The van der Waals surface area contributed by atoms with Gasteiger partial charge in [-0.25, -0.2) is 0 Å². The van der Waals surface area contributed by atoms with Crippen LogP contribution in [0.4, 0.5) is 0 Å². The fraction of sp³-hybridized carbons (Fsp3) is 0.400. The summed E-state index contributed by atoms with van der Waals surface area (Å²) in [5.74, 6) is 0.0327. The Balaban J connectivity index is 0.00000176. The van der Waals surface area contributed by atoms with E-state index < -0.39 is 0 Å². The van der Waals surface area contributed by atoms with E-state index in [1.807, 2.05) is 30.0 Å². The van der Waals surface area contributed by atoms with Gasteiger partial charge in [0, 0.05) is 31.1 Å². The first kappa shape index (κ1) is 16.5. The molecule has 1 aromatic carbocycles. The summed E-state index contributed by atoms with van der Waals surface area (Å²) in [5, 5.41) is 7.96. The highest BCUT2D eigenvalue weighted by molar-refractivity contribution is 5.85. The van der Waals surface area contributed by atoms with E-state index in [9.17, 15) is 9.59 Å². The lowest BCUT2D eigenvalue weighted by atomic mass is 10.2. The van der Waals surface area contributed by atoms with Crippen molar-refractivity contribution in [2.75, 3.05) is 19.6 Å². The number of carbonyl (C=O) groups excluding carboxylic acids is 1. The van der Waals surface area contributed by atoms with Crippen LogP contribution in [-0.4, -0.2) is 46.3 Å². The lowest BCUT2D eigenvalue weighted by Crippen LogP contribution is -2.53. The Hall–Kier alpha value is -1.92. The van der Waals surface area contributed by atoms with Gasteiger partial charge in [0.15, 0.2) is 0 Å². The molecule has 1 atom stereocenters. The van der Waals surface area contributed by atoms with Crippen molar-refractivity contribution in [1.82, 2.24) is 20.0 Å². The number of aromatic nitrogens is 2. The molecule has 0 aliphatic carbocycles. The quantitative estimate of drug-likeness (QED) is 0.881. The minimum Gasteiger partial charge on any atom is -0.336 e. The molecule has 22 heavy (non-hydrogen) atoms. The summed E-state index contributed by atoms with van der Waals surface area (Å²) in [6, 6.07) is 7.41. The lowest BCUT2D eigenvalue weighted by Gasteiger charge is -2.34. The molecule has 7 heteroatoms. The van der Waals surface area contributed by atoms with Gasteiger partial charge in [-0.2, -0.15) is 5.10 Å². The summed E-state index contributed by atoms with van der Waals surface area (Å²) in [7, 11) is 0. The van der Waals surface area contributed by atoms with E-state index >= 15 is 0 Å². The summed E-state index contributed by atoms with van der Waals surface area (Å²) in [6.07, 6.45) is 1.27. The highest BCUT2D eigenvalue weighted by Gasteiger charge is 2.23. The predicted octanol–water partition coefficient (Wildman–Crippen LogP) is 0.639. The van der Waals surface area contributed by atoms with E-state index in [1.54, 1.807) is 10.7 Å². The third kappa shape index (κ3) is 3.13. The largest absolute Gasteiger partial charge is 0.336 e. The number of para-hydroxylation sites is 1. The van der Waals surface area contributed by atoms with Crippen molar-refractivity contribution in [1.29, 1.82) is 0 Å². The number of nitrogens with one attached hydrogen (secondary N) is 1. The predicted molar refractivity (Wildman–Crippen MR) is 87.3 cm³/mol. The average molecular weight is 323 g/mol. The average Bonchev–Trinajstić information content (AvgIpc) is 2.51. The van der Waals surface area contributed by atoms with Crippen LogP contribution in [0.15, 0.2) is 35.3 Å². The molecule has 1 aliphatic heterocycles. The van der Waals surface area contributed by atoms with E-state index in [0.29, 0.717) is 17.4 Å². The molecule has 1 amide bonds. The molecule has 1 fully saturated rings. The Morgan fingerprint density at radius 3 is 2.95 bits per heavy atom. The minimum atomic E-state index is -0.121. The maximum Gasteiger partial charge on any atom is 0.244 e. The van der Waals surface area contributed by atoms with Crippen LogP contribution in [-0.2, 0) is 11.3 Å². The van der Waals surface area contributed by atoms with Gasteiger partial charge in [-0.05, 0) is 19.1 Å². The number of fused-ring (bicyclic) bond motifs is 1. The molecule has 0 bridgehead atoms. The molecule has 0 radical (unpaired) electrons. The third-order valence-corrected chi connectivity index (χ3v) is 3.87. The standard InChI is InChI=1S/C15H18N4O2.ClH/c1-11-8-16-6-7-18(11)15(21)10-19-13-5-3-2-4-12(13)14(20)9-17-19;/h2-5,9,11,16H,6-8,10H2,1H3;1H/t11-;/m1./s1. The van der Waals surface area contributed by atoms with Crippen molar-refractivity contribution in [2.45, 2.75) is 19.5 Å². The lowest BCUT2D eigenvalue weighted by molar-refractivity contribution is -0.134. The topological polar surface area (TPSA) is 67.2 Å². The second-order valence-electron chi connectivity index (χ2n) is 5.32. The Bertz CT molecular complexity index is 731. The molecule has 2 aromatic rings. The van der Waals surface area contributed by atoms with Gasteiger partial charge >= 0.3 is 0 Å². The molecule has 0 unspecified atom stereocenters. The van der Waals surface area contributed by atoms with Crippen LogP contribution in [0.25, 0.3) is 10.9 Å². The van der Waals surface area contributed by atoms with Gasteiger partial charge in [-0.1, -0.05) is 12.1 Å². The molecule has 1 N–H and O–H groups in total. The second-order valence-corrected chi connectivity index (χ2v) is 5.32. The SMILES string of the molecule is C[C@@H]1CNCCN1C(=O)Cn1ncc(=O)c2ccccc21.Cl. The second kappa shape index (κ2) is 6.89. The zero-order valence-electron chi connectivity index (χ0n) is 12.4. The summed E-state index contributed by atoms with van der Waals surface area (Å²) in [4.78, 5) is 26.1. The zero-order chi connectivity index (χ0) is 14.8. The third-order valence-electron chi connectivity index (χ3n) is 3.87. The van der Waals surface area contributed by atoms with Crippen molar-refractivity contribution in [3.63, 3.8) is 0 Å². The molecule has 1 saturated heterocycles. The van der Waals surface area contributed by atoms with Crippen LogP contribution in [0.2, 0.25) is 0 Å². The number of hydrogen-bond acceptors (Lipinski definition) is 4. The molecule has 0 saturated carbocycles. The monoisotopic (exact) mass is 322 g/mol. The summed E-state index contributed by atoms with van der Waals surface area (Å²) in [6.45, 7) is 4.52. The molecule has 3 rings (SSSR count). The Morgan fingerprint density at radius 1 is 1.41 bits per heavy atom. The van der Waals surface area contributed by atoms with Crippen molar-refractivity contribution >= 4 is 29.2 Å². The van der Waals surface area contributed by atoms with Crippen molar-refractivity contribution < 1.29 is 4.79 Å². The normalized spacial score (nSPS) is 18.0. The van der Waals surface area contributed by atoms with Crippen LogP contribution in [0, 0.1) is 0 Å². The molecule has 1 aliphatic rings. The van der Waals surface area contributed by atoms with Crippen molar-refractivity contribution in [3.05, 3.63) is 40.7 Å². The highest BCUT2D eigenvalue weighted by atomic mass is 35.5. The number of benzene rings is 1. The van der Waals surface area contributed by atoms with Gasteiger partial charge < -0.3 is 10.2 Å². The van der Waals surface area contributed by atoms with Gasteiger partial charge in [-0.15, -0.1) is 12.4 Å². The van der Waals surface area contributed by atoms with Crippen LogP contribution < -0.4 is 10.7 Å². The number of amides is 1. The summed E-state index contributed by atoms with van der Waals surface area (Å²) < 4.78 is 1.60. The Labute approximate surface area is 134 Å². The van der Waals surface area contributed by atoms with E-state index in [0.717, 1.165) is 13.1 Å². The van der Waals surface area contributed by atoms with Gasteiger partial charge in [0.25, 0.3) is 0 Å². The number of nitrogens with zero attached hydrogens (tertiary/aromatic N) is 3. The summed E-state index contributed by atoms with van der Waals surface area (Å²) >= 11 is 0. The van der Waals surface area contributed by atoms with Crippen molar-refractivity contribution in [2.24, 2.45) is 0 Å². The highest BCUT2D eigenvalue weighted by Crippen LogP contribution is 2.10. The molecule has 6 nitrogen and oxygen atoms in total. The Morgan fingerprint density at radius 2 is 2.18 bits per heavy atom. The number of carbonyl (C=O) groups is 1. The number of piperazine rings is 1. The molecule has 1 aromatic heterocycles. The number of halogens is 1. The first-order valence-corrected chi connectivity index (χ1v) is 7.12. The molecule has 118 valence electrons. The number of rotatable bonds is 2. The Kier molecular flexibility index (Phi) is 5.15. The first-order chi connectivity index (χ1) is 10.2. The van der Waals surface area contributed by atoms with Gasteiger partial charge in [0.05, 0.1) is 11.7 Å². The molecular formula is C15H19ClN4O2. The van der Waals surface area contributed by atoms with E-state index in [1.165, 1.54) is 6.20 Å². The molecule has 0 spiro atoms.